The fourth-order valence-electron chi connectivity index (χ4n) is 5.10. The average Bonchev–Trinajstić information content (AvgIpc) is 3.12. The van der Waals surface area contributed by atoms with Crippen LogP contribution in [0.25, 0.3) is 0 Å². The molecule has 4 nitrogen and oxygen atoms in total. The maximum absolute atomic E-state index is 11.1. The molecule has 0 unspecified atom stereocenters. The fourth-order valence-corrected chi connectivity index (χ4v) is 6.74. The second-order valence-corrected chi connectivity index (χ2v) is 13.7. The number of fused-ring (bicyclic) bond motifs is 1. The molecule has 217 valence electrons. The average molecular weight is 594 g/mol. The van der Waals surface area contributed by atoms with Gasteiger partial charge in [0.15, 0.2) is 0 Å². The van der Waals surface area contributed by atoms with Crippen LogP contribution in [0.4, 0.5) is 17.3 Å². The first-order valence-electron chi connectivity index (χ1n) is 13.3. The standard InChI is InChI=1S/C29H40N2O2.BF4.Co/c1-19-15-21(27(33)23(16-19)29(5,6)7)18-31-25-14-9-8-13-24(25)30-17-20-11-10-12-22(26(20)32)28(2,3)4;2-1(3,4)5;/h10-12,16-18,24-25,32-33H,1,8-9,13-15H2,2-7H3;;/q;-1;+2/t24-,25-;;/m0../s1. The van der Waals surface area contributed by atoms with Crippen LogP contribution in [0.2, 0.25) is 0 Å². The van der Waals surface area contributed by atoms with Crippen molar-refractivity contribution in [2.75, 3.05) is 0 Å². The molecule has 0 bridgehead atoms. The number of rotatable bonds is 2. The van der Waals surface area contributed by atoms with E-state index in [9.17, 15) is 27.5 Å². The number of nitrogens with zero attached hydrogens (tertiary/aromatic N) is 2. The Kier molecular flexibility index (Phi) is 9.32. The van der Waals surface area contributed by atoms with Crippen LogP contribution in [0.5, 0.6) is 5.75 Å². The summed E-state index contributed by atoms with van der Waals surface area (Å²) in [4.78, 5) is 0. The van der Waals surface area contributed by atoms with Crippen molar-refractivity contribution in [3.05, 3.63) is 64.5 Å². The van der Waals surface area contributed by atoms with E-state index in [2.05, 4.69) is 67.8 Å². The molecule has 0 spiro atoms. The number of allylic oxidation sites excluding steroid dienone is 4. The second kappa shape index (κ2) is 11.6. The van der Waals surface area contributed by atoms with Gasteiger partial charge in [0.05, 0.1) is 0 Å². The predicted molar refractivity (Wildman–Crippen MR) is 146 cm³/mol. The molecule has 0 aromatic heterocycles. The van der Waals surface area contributed by atoms with Crippen molar-refractivity contribution >= 4 is 19.7 Å². The van der Waals surface area contributed by atoms with Crippen molar-refractivity contribution < 1.29 is 49.9 Å². The SMILES string of the molecule is C=C1C=C(C(C)(C)C)C(O)=C(C=[N+]2[Co][N+](=Cc3cccc(C(C)(C)C)c3O)[C@H]3CCCC[C@@H]32)C1.F[B-](F)(F)F. The van der Waals surface area contributed by atoms with E-state index in [1.54, 1.807) is 0 Å². The molecule has 1 saturated carbocycles. The molecule has 3 aliphatic rings. The predicted octanol–water partition coefficient (Wildman–Crippen LogP) is 7.49. The van der Waals surface area contributed by atoms with Gasteiger partial charge in [-0.3, -0.25) is 0 Å². The van der Waals surface area contributed by atoms with Gasteiger partial charge in [0.25, 0.3) is 0 Å². The number of aromatic hydroxyl groups is 1. The van der Waals surface area contributed by atoms with Gasteiger partial charge in [-0.15, -0.1) is 0 Å². The van der Waals surface area contributed by atoms with Gasteiger partial charge in [0.2, 0.25) is 0 Å². The summed E-state index contributed by atoms with van der Waals surface area (Å²) in [6, 6.07) is 6.86. The van der Waals surface area contributed by atoms with Crippen LogP contribution >= 0.6 is 0 Å². The molecule has 4 rings (SSSR count). The molecular weight excluding hydrogens is 554 g/mol. The molecule has 2 aliphatic carbocycles. The Morgan fingerprint density at radius 2 is 1.46 bits per heavy atom. The number of halogens is 4. The van der Waals surface area contributed by atoms with Gasteiger partial charge in [-0.1, -0.05) is 0 Å². The van der Waals surface area contributed by atoms with Crippen molar-refractivity contribution in [1.29, 1.82) is 0 Å². The number of benzene rings is 1. The minimum Gasteiger partial charge on any atom is -0.418 e. The monoisotopic (exact) mass is 594 g/mol. The quantitative estimate of drug-likeness (QED) is 0.276. The molecule has 1 aliphatic heterocycles. The number of hydrogen-bond donors (Lipinski definition) is 2. The topological polar surface area (TPSA) is 46.5 Å². The third-order valence-electron chi connectivity index (χ3n) is 6.99. The van der Waals surface area contributed by atoms with Gasteiger partial charge in [0, 0.05) is 0 Å². The van der Waals surface area contributed by atoms with Gasteiger partial charge >= 0.3 is 219 Å². The van der Waals surface area contributed by atoms with Crippen LogP contribution in [0.15, 0.2) is 53.3 Å². The number of phenolic OH excluding ortho intramolecular Hbond substituents is 1. The summed E-state index contributed by atoms with van der Waals surface area (Å²) < 4.78 is 43.8. The molecule has 1 aromatic rings. The van der Waals surface area contributed by atoms with E-state index in [1.165, 1.54) is 12.8 Å². The third-order valence-corrected chi connectivity index (χ3v) is 8.43. The van der Waals surface area contributed by atoms with Crippen LogP contribution < -0.4 is 0 Å². The summed E-state index contributed by atoms with van der Waals surface area (Å²) in [5.74, 6) is 0.781. The zero-order chi connectivity index (χ0) is 29.3. The van der Waals surface area contributed by atoms with Crippen molar-refractivity contribution in [2.45, 2.75) is 91.1 Å². The summed E-state index contributed by atoms with van der Waals surface area (Å²) in [6.45, 7) is 17.0. The third kappa shape index (κ3) is 8.10. The van der Waals surface area contributed by atoms with Crippen LogP contribution in [0, 0.1) is 5.41 Å². The molecule has 1 saturated heterocycles. The van der Waals surface area contributed by atoms with E-state index >= 15 is 0 Å². The zero-order valence-corrected chi connectivity index (χ0v) is 24.6. The van der Waals surface area contributed by atoms with Crippen molar-refractivity contribution in [1.82, 2.24) is 0 Å². The molecule has 0 amide bonds. The van der Waals surface area contributed by atoms with E-state index in [0.29, 0.717) is 30.0 Å². The number of para-hydroxylation sites is 1. The molecule has 2 N–H and O–H groups in total. The summed E-state index contributed by atoms with van der Waals surface area (Å²) in [5.41, 5.74) is 4.53. The maximum Gasteiger partial charge on any atom is 0.673 e. The van der Waals surface area contributed by atoms with Crippen molar-refractivity contribution in [2.24, 2.45) is 5.41 Å². The number of aliphatic hydroxyl groups excluding tert-OH is 1. The first-order valence-corrected chi connectivity index (χ1v) is 14.2. The molecule has 10 heteroatoms. The van der Waals surface area contributed by atoms with E-state index in [-0.39, 0.29) is 10.8 Å². The molecule has 39 heavy (non-hydrogen) atoms. The van der Waals surface area contributed by atoms with Crippen LogP contribution in [0.1, 0.15) is 84.8 Å². The van der Waals surface area contributed by atoms with Crippen LogP contribution in [-0.2, 0) is 20.5 Å². The first kappa shape index (κ1) is 31.2. The Labute approximate surface area is 236 Å². The van der Waals surface area contributed by atoms with E-state index in [4.69, 9.17) is 0 Å². The number of hydrogen-bond acceptors (Lipinski definition) is 2. The van der Waals surface area contributed by atoms with Crippen molar-refractivity contribution in [3.8, 4) is 5.75 Å². The van der Waals surface area contributed by atoms with Crippen LogP contribution in [-0.4, -0.2) is 49.2 Å². The molecule has 1 aromatic carbocycles. The molecular formula is C29H40BCoF4N2O2+. The minimum absolute atomic E-state index is 0.116. The number of aliphatic hydroxyl groups is 1. The Morgan fingerprint density at radius 1 is 0.923 bits per heavy atom. The summed E-state index contributed by atoms with van der Waals surface area (Å²) in [5, 5.41) is 22.2. The number of phenols is 1. The van der Waals surface area contributed by atoms with Gasteiger partial charge in [-0.2, -0.15) is 0 Å². The van der Waals surface area contributed by atoms with E-state index in [1.807, 2.05) is 24.3 Å². The summed E-state index contributed by atoms with van der Waals surface area (Å²) in [7, 11) is -6.00. The van der Waals surface area contributed by atoms with Gasteiger partial charge in [-0.05, 0) is 0 Å². The Balaban J connectivity index is 0.000000771. The zero-order valence-electron chi connectivity index (χ0n) is 23.6. The molecule has 2 fully saturated rings. The molecule has 1 heterocycles. The van der Waals surface area contributed by atoms with E-state index in [0.717, 1.165) is 55.8 Å². The summed E-state index contributed by atoms with van der Waals surface area (Å²) in [6.07, 6.45) is 11.8. The normalized spacial score (nSPS) is 24.7. The fraction of sp³-hybridized carbons (Fsp3) is 0.517. The van der Waals surface area contributed by atoms with Crippen molar-refractivity contribution in [3.63, 3.8) is 0 Å². The molecule has 0 radical (unpaired) electrons. The minimum atomic E-state index is -6.00. The van der Waals surface area contributed by atoms with Gasteiger partial charge < -0.3 is 17.3 Å². The Morgan fingerprint density at radius 3 is 1.97 bits per heavy atom. The first-order chi connectivity index (χ1) is 17.9. The largest absolute Gasteiger partial charge is 0.673 e. The van der Waals surface area contributed by atoms with E-state index < -0.39 is 7.25 Å². The Hall–Kier alpha value is -2.33. The van der Waals surface area contributed by atoms with Gasteiger partial charge in [-0.25, -0.2) is 0 Å². The second-order valence-electron chi connectivity index (χ2n) is 12.4. The maximum atomic E-state index is 11.1. The Bertz CT molecular complexity index is 1230. The summed E-state index contributed by atoms with van der Waals surface area (Å²) >= 11 is 1.11. The smallest absolute Gasteiger partial charge is 0.418 e. The van der Waals surface area contributed by atoms with Crippen LogP contribution in [0.3, 0.4) is 0 Å². The molecule has 2 atom stereocenters. The van der Waals surface area contributed by atoms with Gasteiger partial charge in [0.1, 0.15) is 0 Å².